The van der Waals surface area contributed by atoms with Crippen molar-refractivity contribution in [3.05, 3.63) is 65.7 Å². The third-order valence-corrected chi connectivity index (χ3v) is 2.97. The van der Waals surface area contributed by atoms with Crippen molar-refractivity contribution in [2.45, 2.75) is 19.9 Å². The van der Waals surface area contributed by atoms with Crippen LogP contribution in [0.3, 0.4) is 0 Å². The molecule has 0 bridgehead atoms. The van der Waals surface area contributed by atoms with Gasteiger partial charge in [0.1, 0.15) is 0 Å². The maximum absolute atomic E-state index is 11.2. The molecule has 0 amide bonds. The van der Waals surface area contributed by atoms with Gasteiger partial charge in [-0.05, 0) is 31.5 Å². The Hall–Kier alpha value is -2.09. The number of hydrogen-bond acceptors (Lipinski definition) is 2. The van der Waals surface area contributed by atoms with Crippen LogP contribution in [0.2, 0.25) is 0 Å². The maximum Gasteiger partial charge on any atom is 0.159 e. The van der Waals surface area contributed by atoms with E-state index in [9.17, 15) is 4.79 Å². The molecule has 0 radical (unpaired) electrons. The summed E-state index contributed by atoms with van der Waals surface area (Å²) in [6, 6.07) is 18.1. The van der Waals surface area contributed by atoms with Crippen molar-refractivity contribution < 1.29 is 4.79 Å². The fraction of sp³-hybridized carbons (Fsp3) is 0.188. The van der Waals surface area contributed by atoms with Gasteiger partial charge in [-0.1, -0.05) is 42.5 Å². The molecule has 18 heavy (non-hydrogen) atoms. The summed E-state index contributed by atoms with van der Waals surface area (Å²) in [4.78, 5) is 11.2. The van der Waals surface area contributed by atoms with Crippen LogP contribution in [-0.2, 0) is 0 Å². The highest BCUT2D eigenvalue weighted by molar-refractivity contribution is 5.94. The largest absolute Gasteiger partial charge is 0.379 e. The quantitative estimate of drug-likeness (QED) is 0.815. The zero-order valence-electron chi connectivity index (χ0n) is 10.7. The van der Waals surface area contributed by atoms with E-state index < -0.39 is 0 Å². The van der Waals surface area contributed by atoms with E-state index in [-0.39, 0.29) is 11.8 Å². The molecule has 2 heteroatoms. The third-order valence-electron chi connectivity index (χ3n) is 2.97. The van der Waals surface area contributed by atoms with Crippen LogP contribution in [0.4, 0.5) is 5.69 Å². The number of Topliss-reactive ketones (excluding diaryl/α,β-unsaturated/α-hetero) is 1. The summed E-state index contributed by atoms with van der Waals surface area (Å²) < 4.78 is 0. The fourth-order valence-corrected chi connectivity index (χ4v) is 1.87. The lowest BCUT2D eigenvalue weighted by atomic mass is 10.0. The molecule has 2 aromatic carbocycles. The second-order valence-corrected chi connectivity index (χ2v) is 4.41. The molecule has 0 saturated carbocycles. The van der Waals surface area contributed by atoms with Crippen molar-refractivity contribution >= 4 is 11.5 Å². The number of carbonyl (C=O) groups is 1. The summed E-state index contributed by atoms with van der Waals surface area (Å²) >= 11 is 0. The van der Waals surface area contributed by atoms with Crippen molar-refractivity contribution in [1.29, 1.82) is 0 Å². The molecule has 1 unspecified atom stereocenters. The number of para-hydroxylation sites is 1. The highest BCUT2D eigenvalue weighted by Gasteiger charge is 2.06. The Morgan fingerprint density at radius 1 is 1.00 bits per heavy atom. The topological polar surface area (TPSA) is 29.1 Å². The van der Waals surface area contributed by atoms with Crippen molar-refractivity contribution in [3.63, 3.8) is 0 Å². The smallest absolute Gasteiger partial charge is 0.159 e. The van der Waals surface area contributed by atoms with Gasteiger partial charge in [0.2, 0.25) is 0 Å². The molecule has 2 nitrogen and oxygen atoms in total. The molecular formula is C16H17NO. The van der Waals surface area contributed by atoms with Crippen molar-refractivity contribution in [2.75, 3.05) is 5.32 Å². The van der Waals surface area contributed by atoms with Crippen LogP contribution < -0.4 is 5.32 Å². The molecule has 92 valence electrons. The van der Waals surface area contributed by atoms with Crippen LogP contribution >= 0.6 is 0 Å². The first-order valence-electron chi connectivity index (χ1n) is 6.09. The lowest BCUT2D eigenvalue weighted by Gasteiger charge is -2.15. The van der Waals surface area contributed by atoms with Crippen LogP contribution in [0.25, 0.3) is 0 Å². The summed E-state index contributed by atoms with van der Waals surface area (Å²) in [5, 5.41) is 3.42. The van der Waals surface area contributed by atoms with Gasteiger partial charge in [0.25, 0.3) is 0 Å². The lowest BCUT2D eigenvalue weighted by molar-refractivity contribution is 0.101. The fourth-order valence-electron chi connectivity index (χ4n) is 1.87. The molecule has 0 spiro atoms. The maximum atomic E-state index is 11.2. The Morgan fingerprint density at radius 2 is 1.61 bits per heavy atom. The normalized spacial score (nSPS) is 11.9. The molecule has 0 aliphatic rings. The van der Waals surface area contributed by atoms with Gasteiger partial charge < -0.3 is 5.32 Å². The second kappa shape index (κ2) is 5.50. The Morgan fingerprint density at radius 3 is 2.17 bits per heavy atom. The standard InChI is InChI=1S/C16H17NO/c1-12(17-16-6-4-3-5-7-16)14-8-10-15(11-9-14)13(2)18/h3-12,17H,1-2H3. The van der Waals surface area contributed by atoms with Gasteiger partial charge in [0.15, 0.2) is 5.78 Å². The molecule has 0 aliphatic heterocycles. The zero-order chi connectivity index (χ0) is 13.0. The van der Waals surface area contributed by atoms with Crippen molar-refractivity contribution in [1.82, 2.24) is 0 Å². The van der Waals surface area contributed by atoms with Gasteiger partial charge in [-0.2, -0.15) is 0 Å². The average molecular weight is 239 g/mol. The minimum Gasteiger partial charge on any atom is -0.379 e. The summed E-state index contributed by atoms with van der Waals surface area (Å²) in [5.74, 6) is 0.102. The first-order valence-corrected chi connectivity index (χ1v) is 6.09. The molecule has 0 fully saturated rings. The predicted molar refractivity (Wildman–Crippen MR) is 74.9 cm³/mol. The van der Waals surface area contributed by atoms with Crippen LogP contribution in [0.1, 0.15) is 35.8 Å². The van der Waals surface area contributed by atoms with E-state index >= 15 is 0 Å². The van der Waals surface area contributed by atoms with Gasteiger partial charge in [0, 0.05) is 17.3 Å². The van der Waals surface area contributed by atoms with Gasteiger partial charge >= 0.3 is 0 Å². The molecule has 0 heterocycles. The van der Waals surface area contributed by atoms with E-state index in [2.05, 4.69) is 12.2 Å². The number of nitrogens with one attached hydrogen (secondary N) is 1. The molecular weight excluding hydrogens is 222 g/mol. The number of ketones is 1. The van der Waals surface area contributed by atoms with E-state index in [1.54, 1.807) is 6.92 Å². The van der Waals surface area contributed by atoms with Crippen molar-refractivity contribution in [2.24, 2.45) is 0 Å². The zero-order valence-corrected chi connectivity index (χ0v) is 10.7. The highest BCUT2D eigenvalue weighted by atomic mass is 16.1. The minimum absolute atomic E-state index is 0.102. The Labute approximate surface area is 108 Å². The number of carbonyl (C=O) groups excluding carboxylic acids is 1. The number of benzene rings is 2. The van der Waals surface area contributed by atoms with Crippen LogP contribution in [0.5, 0.6) is 0 Å². The van der Waals surface area contributed by atoms with E-state index in [4.69, 9.17) is 0 Å². The second-order valence-electron chi connectivity index (χ2n) is 4.41. The molecule has 2 rings (SSSR count). The average Bonchev–Trinajstić information content (AvgIpc) is 2.40. The number of rotatable bonds is 4. The molecule has 0 aliphatic carbocycles. The summed E-state index contributed by atoms with van der Waals surface area (Å²) in [7, 11) is 0. The number of hydrogen-bond donors (Lipinski definition) is 1. The SMILES string of the molecule is CC(=O)c1ccc(C(C)Nc2ccccc2)cc1. The van der Waals surface area contributed by atoms with E-state index in [1.807, 2.05) is 54.6 Å². The van der Waals surface area contributed by atoms with Gasteiger partial charge in [-0.15, -0.1) is 0 Å². The summed E-state index contributed by atoms with van der Waals surface area (Å²) in [6.45, 7) is 3.69. The lowest BCUT2D eigenvalue weighted by Crippen LogP contribution is -2.06. The molecule has 2 aromatic rings. The van der Waals surface area contributed by atoms with Gasteiger partial charge in [0.05, 0.1) is 0 Å². The Bertz CT molecular complexity index is 517. The Balaban J connectivity index is 2.09. The predicted octanol–water partition coefficient (Wildman–Crippen LogP) is 4.06. The van der Waals surface area contributed by atoms with Crippen LogP contribution in [0, 0.1) is 0 Å². The molecule has 0 aromatic heterocycles. The van der Waals surface area contributed by atoms with Crippen molar-refractivity contribution in [3.8, 4) is 0 Å². The number of anilines is 1. The first-order chi connectivity index (χ1) is 8.66. The Kier molecular flexibility index (Phi) is 3.78. The van der Waals surface area contributed by atoms with Crippen LogP contribution in [0.15, 0.2) is 54.6 Å². The molecule has 1 N–H and O–H groups in total. The van der Waals surface area contributed by atoms with Gasteiger partial charge in [-0.3, -0.25) is 4.79 Å². The van der Waals surface area contributed by atoms with Gasteiger partial charge in [-0.25, -0.2) is 0 Å². The van der Waals surface area contributed by atoms with Crippen LogP contribution in [-0.4, -0.2) is 5.78 Å². The summed E-state index contributed by atoms with van der Waals surface area (Å²) in [5.41, 5.74) is 3.02. The summed E-state index contributed by atoms with van der Waals surface area (Å²) in [6.07, 6.45) is 0. The van der Waals surface area contributed by atoms with E-state index in [0.29, 0.717) is 0 Å². The highest BCUT2D eigenvalue weighted by Crippen LogP contribution is 2.19. The van der Waals surface area contributed by atoms with E-state index in [1.165, 1.54) is 5.56 Å². The monoisotopic (exact) mass is 239 g/mol. The minimum atomic E-state index is 0.102. The van der Waals surface area contributed by atoms with E-state index in [0.717, 1.165) is 11.3 Å². The third kappa shape index (κ3) is 2.98. The molecule has 0 saturated heterocycles. The molecule has 1 atom stereocenters. The first kappa shape index (κ1) is 12.4.